The number of benzene rings is 2. The second-order valence-electron chi connectivity index (χ2n) is 8.03. The summed E-state index contributed by atoms with van der Waals surface area (Å²) in [6, 6.07) is 22.6. The summed E-state index contributed by atoms with van der Waals surface area (Å²) in [5.74, 6) is 2.05. The van der Waals surface area contributed by atoms with Gasteiger partial charge in [0.05, 0.1) is 42.8 Å². The van der Waals surface area contributed by atoms with Crippen LogP contribution in [0, 0.1) is 0 Å². The van der Waals surface area contributed by atoms with Gasteiger partial charge in [-0.2, -0.15) is 0 Å². The summed E-state index contributed by atoms with van der Waals surface area (Å²) >= 11 is 0. The lowest BCUT2D eigenvalue weighted by Crippen LogP contribution is -2.40. The predicted molar refractivity (Wildman–Crippen MR) is 129 cm³/mol. The third-order valence-electron chi connectivity index (χ3n) is 6.04. The highest BCUT2D eigenvalue weighted by Gasteiger charge is 2.34. The van der Waals surface area contributed by atoms with Gasteiger partial charge in [0.2, 0.25) is 0 Å². The monoisotopic (exact) mass is 438 g/mol. The first-order chi connectivity index (χ1) is 16.2. The molecule has 2 N–H and O–H groups in total. The molecular weight excluding hydrogens is 416 g/mol. The van der Waals surface area contributed by atoms with Gasteiger partial charge < -0.3 is 29.8 Å². The largest absolute Gasteiger partial charge is 0.506 e. The van der Waals surface area contributed by atoms with Crippen LogP contribution in [0.3, 0.4) is 0 Å². The van der Waals surface area contributed by atoms with E-state index in [0.29, 0.717) is 20.0 Å². The number of para-hydroxylation sites is 4. The normalized spacial score (nSPS) is 14.5. The van der Waals surface area contributed by atoms with Crippen LogP contribution in [-0.2, 0) is 0 Å². The zero-order valence-corrected chi connectivity index (χ0v) is 17.8. The highest BCUT2D eigenvalue weighted by atomic mass is 16.3. The van der Waals surface area contributed by atoms with E-state index in [1.807, 2.05) is 70.5 Å². The standard InChI is InChI=1S/C25H22N6O2/c32-22-11-3-1-7-18(22)30-16-28(20-9-5-13-26-24(20)30)15-29-17-31(19-8-2-4-12-23(19)33)25-21(29)10-6-14-27-25/h1-14,32-33H,15-17H2. The Hall–Kier alpha value is -4.46. The van der Waals surface area contributed by atoms with Crippen LogP contribution in [0.25, 0.3) is 0 Å². The Morgan fingerprint density at radius 2 is 1.00 bits per heavy atom. The minimum absolute atomic E-state index is 0.220. The molecule has 2 aliphatic heterocycles. The van der Waals surface area contributed by atoms with Crippen molar-refractivity contribution in [3.05, 3.63) is 85.2 Å². The molecule has 0 radical (unpaired) electrons. The number of hydrogen-bond acceptors (Lipinski definition) is 8. The zero-order valence-electron chi connectivity index (χ0n) is 17.8. The van der Waals surface area contributed by atoms with E-state index in [2.05, 4.69) is 19.8 Å². The molecule has 8 nitrogen and oxygen atoms in total. The van der Waals surface area contributed by atoms with E-state index < -0.39 is 0 Å². The lowest BCUT2D eigenvalue weighted by atomic mass is 10.2. The number of aromatic nitrogens is 2. The fraction of sp³-hybridized carbons (Fsp3) is 0.120. The average molecular weight is 438 g/mol. The van der Waals surface area contributed by atoms with E-state index >= 15 is 0 Å². The van der Waals surface area contributed by atoms with Crippen LogP contribution in [0.4, 0.5) is 34.4 Å². The van der Waals surface area contributed by atoms with Crippen LogP contribution in [0.1, 0.15) is 0 Å². The molecule has 0 atom stereocenters. The minimum atomic E-state index is 0.220. The van der Waals surface area contributed by atoms with Crippen LogP contribution in [-0.4, -0.2) is 40.2 Å². The molecular formula is C25H22N6O2. The predicted octanol–water partition coefficient (Wildman–Crippen LogP) is 4.38. The summed E-state index contributed by atoms with van der Waals surface area (Å²) in [6.45, 7) is 1.69. The topological polar surface area (TPSA) is 79.2 Å². The summed E-state index contributed by atoms with van der Waals surface area (Å²) in [4.78, 5) is 17.7. The number of anilines is 6. The van der Waals surface area contributed by atoms with Crippen molar-refractivity contribution >= 4 is 34.4 Å². The van der Waals surface area contributed by atoms with E-state index in [0.717, 1.165) is 34.4 Å². The summed E-state index contributed by atoms with van der Waals surface area (Å²) in [5, 5.41) is 20.9. The van der Waals surface area contributed by atoms with E-state index in [-0.39, 0.29) is 11.5 Å². The number of fused-ring (bicyclic) bond motifs is 2. The van der Waals surface area contributed by atoms with E-state index in [4.69, 9.17) is 0 Å². The Morgan fingerprint density at radius 3 is 1.45 bits per heavy atom. The van der Waals surface area contributed by atoms with Gasteiger partial charge in [0.15, 0.2) is 11.6 Å². The molecule has 0 unspecified atom stereocenters. The van der Waals surface area contributed by atoms with Crippen LogP contribution >= 0.6 is 0 Å². The number of phenolic OH excluding ortho intramolecular Hbond substituents is 2. The van der Waals surface area contributed by atoms with Gasteiger partial charge in [0.25, 0.3) is 0 Å². The first kappa shape index (κ1) is 19.2. The van der Waals surface area contributed by atoms with Crippen molar-refractivity contribution in [3.63, 3.8) is 0 Å². The number of aromatic hydroxyl groups is 2. The highest BCUT2D eigenvalue weighted by molar-refractivity contribution is 5.84. The molecule has 2 aliphatic rings. The molecule has 164 valence electrons. The van der Waals surface area contributed by atoms with Gasteiger partial charge in [-0.05, 0) is 48.5 Å². The number of pyridine rings is 2. The van der Waals surface area contributed by atoms with Crippen molar-refractivity contribution in [1.29, 1.82) is 0 Å². The number of hydrogen-bond donors (Lipinski definition) is 2. The molecule has 0 saturated carbocycles. The van der Waals surface area contributed by atoms with Crippen LogP contribution in [0.2, 0.25) is 0 Å². The Bertz CT molecular complexity index is 1230. The SMILES string of the molecule is Oc1ccccc1N1CN(CN2CN(c3ccccc3O)c3ncccc32)c2cccnc21. The molecule has 0 spiro atoms. The van der Waals surface area contributed by atoms with Crippen LogP contribution in [0.5, 0.6) is 11.5 Å². The number of phenols is 2. The van der Waals surface area contributed by atoms with Gasteiger partial charge >= 0.3 is 0 Å². The summed E-state index contributed by atoms with van der Waals surface area (Å²) in [6.07, 6.45) is 3.54. The number of nitrogens with zero attached hydrogens (tertiary/aromatic N) is 6. The maximum atomic E-state index is 10.4. The van der Waals surface area contributed by atoms with Gasteiger partial charge in [-0.1, -0.05) is 24.3 Å². The average Bonchev–Trinajstić information content (AvgIpc) is 3.39. The molecule has 33 heavy (non-hydrogen) atoms. The zero-order chi connectivity index (χ0) is 22.4. The van der Waals surface area contributed by atoms with Gasteiger partial charge in [-0.3, -0.25) is 0 Å². The molecule has 4 heterocycles. The van der Waals surface area contributed by atoms with Gasteiger partial charge in [0, 0.05) is 12.4 Å². The molecule has 2 aromatic heterocycles. The lowest BCUT2D eigenvalue weighted by molar-refractivity contribution is 0.475. The first-order valence-corrected chi connectivity index (χ1v) is 10.7. The minimum Gasteiger partial charge on any atom is -0.506 e. The fourth-order valence-electron chi connectivity index (χ4n) is 4.53. The molecule has 0 saturated heterocycles. The Morgan fingerprint density at radius 1 is 0.576 bits per heavy atom. The third-order valence-corrected chi connectivity index (χ3v) is 6.04. The molecule has 2 aromatic carbocycles. The van der Waals surface area contributed by atoms with Gasteiger partial charge in [-0.25, -0.2) is 9.97 Å². The Balaban J connectivity index is 1.34. The van der Waals surface area contributed by atoms with Crippen molar-refractivity contribution in [2.24, 2.45) is 0 Å². The van der Waals surface area contributed by atoms with E-state index in [1.54, 1.807) is 24.5 Å². The summed E-state index contributed by atoms with van der Waals surface area (Å²) < 4.78 is 0. The van der Waals surface area contributed by atoms with E-state index in [1.165, 1.54) is 0 Å². The third kappa shape index (κ3) is 3.15. The second-order valence-corrected chi connectivity index (χ2v) is 8.03. The Kier molecular flexibility index (Phi) is 4.43. The second kappa shape index (κ2) is 7.59. The maximum absolute atomic E-state index is 10.4. The summed E-state index contributed by atoms with van der Waals surface area (Å²) in [7, 11) is 0. The first-order valence-electron chi connectivity index (χ1n) is 10.7. The number of rotatable bonds is 4. The van der Waals surface area contributed by atoms with Crippen LogP contribution < -0.4 is 19.6 Å². The van der Waals surface area contributed by atoms with Crippen molar-refractivity contribution < 1.29 is 10.2 Å². The quantitative estimate of drug-likeness (QED) is 0.486. The van der Waals surface area contributed by atoms with Crippen molar-refractivity contribution in [3.8, 4) is 11.5 Å². The molecule has 6 rings (SSSR count). The maximum Gasteiger partial charge on any atom is 0.158 e. The Labute approximate surface area is 191 Å². The lowest BCUT2D eigenvalue weighted by Gasteiger charge is -2.28. The molecule has 0 aliphatic carbocycles. The van der Waals surface area contributed by atoms with Crippen LogP contribution in [0.15, 0.2) is 85.2 Å². The molecule has 0 bridgehead atoms. The van der Waals surface area contributed by atoms with Crippen molar-refractivity contribution in [2.75, 3.05) is 39.6 Å². The van der Waals surface area contributed by atoms with Gasteiger partial charge in [0.1, 0.15) is 11.5 Å². The van der Waals surface area contributed by atoms with Crippen molar-refractivity contribution in [1.82, 2.24) is 9.97 Å². The fourth-order valence-corrected chi connectivity index (χ4v) is 4.53. The van der Waals surface area contributed by atoms with E-state index in [9.17, 15) is 10.2 Å². The summed E-state index contributed by atoms with van der Waals surface area (Å²) in [5.41, 5.74) is 3.43. The smallest absolute Gasteiger partial charge is 0.158 e. The van der Waals surface area contributed by atoms with Crippen molar-refractivity contribution in [2.45, 2.75) is 0 Å². The molecule has 8 heteroatoms. The molecule has 0 amide bonds. The molecule has 0 fully saturated rings. The van der Waals surface area contributed by atoms with Gasteiger partial charge in [-0.15, -0.1) is 0 Å². The molecule has 4 aromatic rings. The highest BCUT2D eigenvalue weighted by Crippen LogP contribution is 2.45.